The Labute approximate surface area is 157 Å². The average molecular weight is 434 g/mol. The van der Waals surface area contributed by atoms with Gasteiger partial charge in [0.25, 0.3) is 0 Å². The number of nitrogens with one attached hydrogen (secondary N) is 2. The molecule has 0 aliphatic rings. The Morgan fingerprint density at radius 2 is 2.04 bits per heavy atom. The monoisotopic (exact) mass is 434 g/mol. The van der Waals surface area contributed by atoms with E-state index in [4.69, 9.17) is 4.74 Å². The Hall–Kier alpha value is -0.860. The number of ether oxygens (including phenoxy) is 1. The number of hydrogen-bond acceptors (Lipinski definition) is 3. The van der Waals surface area contributed by atoms with Crippen molar-refractivity contribution >= 4 is 29.9 Å². The van der Waals surface area contributed by atoms with Crippen molar-refractivity contribution in [2.24, 2.45) is 4.99 Å². The van der Waals surface area contributed by atoms with Crippen molar-refractivity contribution in [3.05, 3.63) is 35.4 Å². The van der Waals surface area contributed by atoms with Crippen LogP contribution in [0.2, 0.25) is 0 Å². The lowest BCUT2D eigenvalue weighted by molar-refractivity contribution is 0.162. The first-order valence-corrected chi connectivity index (χ1v) is 7.91. The van der Waals surface area contributed by atoms with Gasteiger partial charge in [-0.25, -0.2) is 4.99 Å². The maximum Gasteiger partial charge on any atom is 0.191 e. The molecular weight excluding hydrogens is 403 g/mol. The van der Waals surface area contributed by atoms with Crippen LogP contribution in [0.4, 0.5) is 0 Å². The van der Waals surface area contributed by atoms with E-state index >= 15 is 0 Å². The first-order chi connectivity index (χ1) is 10.7. The molecule has 0 saturated heterocycles. The summed E-state index contributed by atoms with van der Waals surface area (Å²) in [6.07, 6.45) is 0. The number of guanidine groups is 1. The van der Waals surface area contributed by atoms with Crippen molar-refractivity contribution in [3.8, 4) is 0 Å². The van der Waals surface area contributed by atoms with Crippen molar-refractivity contribution < 1.29 is 4.74 Å². The SMILES string of the molecule is CCNC(=NCc1cccc(C)c1)NCCN(C)CCOC.I. The van der Waals surface area contributed by atoms with Crippen LogP contribution >= 0.6 is 24.0 Å². The van der Waals surface area contributed by atoms with Crippen molar-refractivity contribution in [2.75, 3.05) is 46.9 Å². The van der Waals surface area contributed by atoms with E-state index in [0.717, 1.165) is 38.7 Å². The molecule has 2 N–H and O–H groups in total. The van der Waals surface area contributed by atoms with E-state index in [-0.39, 0.29) is 24.0 Å². The zero-order chi connectivity index (χ0) is 16.2. The van der Waals surface area contributed by atoms with Gasteiger partial charge in [-0.3, -0.25) is 0 Å². The second-order valence-corrected chi connectivity index (χ2v) is 5.41. The Morgan fingerprint density at radius 3 is 2.70 bits per heavy atom. The Morgan fingerprint density at radius 1 is 1.26 bits per heavy atom. The highest BCUT2D eigenvalue weighted by Gasteiger charge is 2.00. The lowest BCUT2D eigenvalue weighted by atomic mass is 10.1. The van der Waals surface area contributed by atoms with Crippen LogP contribution in [-0.2, 0) is 11.3 Å². The summed E-state index contributed by atoms with van der Waals surface area (Å²) < 4.78 is 5.08. The number of aryl methyl sites for hydroxylation is 1. The van der Waals surface area contributed by atoms with Gasteiger partial charge in [-0.15, -0.1) is 24.0 Å². The van der Waals surface area contributed by atoms with E-state index in [1.54, 1.807) is 7.11 Å². The molecule has 0 spiro atoms. The Balaban J connectivity index is 0.00000484. The van der Waals surface area contributed by atoms with Crippen LogP contribution in [0.15, 0.2) is 29.3 Å². The van der Waals surface area contributed by atoms with Crippen LogP contribution in [0.3, 0.4) is 0 Å². The van der Waals surface area contributed by atoms with Crippen molar-refractivity contribution in [2.45, 2.75) is 20.4 Å². The number of methoxy groups -OCH3 is 1. The minimum absolute atomic E-state index is 0. The highest BCUT2D eigenvalue weighted by atomic mass is 127. The first-order valence-electron chi connectivity index (χ1n) is 7.91. The third-order valence-electron chi connectivity index (χ3n) is 3.31. The fourth-order valence-corrected chi connectivity index (χ4v) is 2.05. The third kappa shape index (κ3) is 10.5. The predicted molar refractivity (Wildman–Crippen MR) is 109 cm³/mol. The zero-order valence-corrected chi connectivity index (χ0v) is 17.1. The van der Waals surface area contributed by atoms with Crippen LogP contribution in [0, 0.1) is 6.92 Å². The predicted octanol–water partition coefficient (Wildman–Crippen LogP) is 2.25. The number of rotatable bonds is 9. The van der Waals surface area contributed by atoms with Gasteiger partial charge in [0, 0.05) is 33.3 Å². The van der Waals surface area contributed by atoms with Gasteiger partial charge in [0.15, 0.2) is 5.96 Å². The van der Waals surface area contributed by atoms with Crippen LogP contribution in [0.5, 0.6) is 0 Å². The zero-order valence-electron chi connectivity index (χ0n) is 14.8. The summed E-state index contributed by atoms with van der Waals surface area (Å²) in [4.78, 5) is 6.87. The number of aliphatic imine (C=N–C) groups is 1. The molecule has 0 bridgehead atoms. The van der Waals surface area contributed by atoms with Gasteiger partial charge < -0.3 is 20.3 Å². The number of likely N-dealkylation sites (N-methyl/N-ethyl adjacent to an activating group) is 1. The molecule has 0 fully saturated rings. The van der Waals surface area contributed by atoms with Crippen molar-refractivity contribution in [1.82, 2.24) is 15.5 Å². The molecule has 0 aromatic heterocycles. The molecule has 0 amide bonds. The average Bonchev–Trinajstić information content (AvgIpc) is 2.50. The van der Waals surface area contributed by atoms with Gasteiger partial charge in [0.1, 0.15) is 0 Å². The lowest BCUT2D eigenvalue weighted by Gasteiger charge is -2.17. The highest BCUT2D eigenvalue weighted by molar-refractivity contribution is 14.0. The molecule has 0 aliphatic carbocycles. The topological polar surface area (TPSA) is 48.9 Å². The number of benzene rings is 1. The Kier molecular flexibility index (Phi) is 13.1. The highest BCUT2D eigenvalue weighted by Crippen LogP contribution is 2.04. The van der Waals surface area contributed by atoms with E-state index in [1.165, 1.54) is 11.1 Å². The molecule has 0 aliphatic heterocycles. The van der Waals surface area contributed by atoms with Gasteiger partial charge >= 0.3 is 0 Å². The molecular formula is C17H31IN4O. The molecule has 6 heteroatoms. The number of nitrogens with zero attached hydrogens (tertiary/aromatic N) is 2. The van der Waals surface area contributed by atoms with E-state index in [9.17, 15) is 0 Å². The molecule has 1 rings (SSSR count). The summed E-state index contributed by atoms with van der Waals surface area (Å²) in [7, 11) is 3.82. The molecule has 0 heterocycles. The molecule has 0 unspecified atom stereocenters. The van der Waals surface area contributed by atoms with Crippen molar-refractivity contribution in [1.29, 1.82) is 0 Å². The van der Waals surface area contributed by atoms with Crippen LogP contribution < -0.4 is 10.6 Å². The molecule has 0 atom stereocenters. The maximum atomic E-state index is 5.08. The summed E-state index contributed by atoms with van der Waals surface area (Å²) in [5.74, 6) is 0.865. The normalized spacial score (nSPS) is 11.3. The number of hydrogen-bond donors (Lipinski definition) is 2. The maximum absolute atomic E-state index is 5.08. The van der Waals surface area contributed by atoms with E-state index < -0.39 is 0 Å². The largest absolute Gasteiger partial charge is 0.383 e. The lowest BCUT2D eigenvalue weighted by Crippen LogP contribution is -2.41. The second-order valence-electron chi connectivity index (χ2n) is 5.41. The molecule has 1 aromatic rings. The quantitative estimate of drug-likeness (QED) is 0.356. The second kappa shape index (κ2) is 13.6. The summed E-state index contributed by atoms with van der Waals surface area (Å²) in [6, 6.07) is 8.46. The van der Waals surface area contributed by atoms with Gasteiger partial charge in [-0.05, 0) is 26.5 Å². The summed E-state index contributed by atoms with van der Waals surface area (Å²) in [5, 5.41) is 6.65. The fourth-order valence-electron chi connectivity index (χ4n) is 2.05. The molecule has 5 nitrogen and oxygen atoms in total. The molecule has 1 aromatic carbocycles. The standard InChI is InChI=1S/C17H30N4O.HI/c1-5-18-17(19-9-10-21(3)11-12-22-4)20-14-16-8-6-7-15(2)13-16;/h6-8,13H,5,9-12,14H2,1-4H3,(H2,18,19,20);1H. The van der Waals surface area contributed by atoms with Crippen molar-refractivity contribution in [3.63, 3.8) is 0 Å². The van der Waals surface area contributed by atoms with Gasteiger partial charge in [0.05, 0.1) is 13.2 Å². The van der Waals surface area contributed by atoms with E-state index in [0.29, 0.717) is 6.54 Å². The third-order valence-corrected chi connectivity index (χ3v) is 3.31. The van der Waals surface area contributed by atoms with E-state index in [1.807, 2.05) is 0 Å². The number of halogens is 1. The molecule has 23 heavy (non-hydrogen) atoms. The molecule has 132 valence electrons. The summed E-state index contributed by atoms with van der Waals surface area (Å²) in [5.41, 5.74) is 2.50. The molecule has 0 saturated carbocycles. The first kappa shape index (κ1) is 22.1. The van der Waals surface area contributed by atoms with Gasteiger partial charge in [0.2, 0.25) is 0 Å². The molecule has 0 radical (unpaired) electrons. The smallest absolute Gasteiger partial charge is 0.191 e. The summed E-state index contributed by atoms with van der Waals surface area (Å²) >= 11 is 0. The van der Waals surface area contributed by atoms with Gasteiger partial charge in [-0.1, -0.05) is 29.8 Å². The van der Waals surface area contributed by atoms with Gasteiger partial charge in [-0.2, -0.15) is 0 Å². The van der Waals surface area contributed by atoms with Crippen LogP contribution in [0.25, 0.3) is 0 Å². The Bertz CT molecular complexity index is 454. The fraction of sp³-hybridized carbons (Fsp3) is 0.588. The van der Waals surface area contributed by atoms with E-state index in [2.05, 4.69) is 65.7 Å². The minimum Gasteiger partial charge on any atom is -0.383 e. The summed E-state index contributed by atoms with van der Waals surface area (Å²) in [6.45, 7) is 9.25. The van der Waals surface area contributed by atoms with Crippen LogP contribution in [0.1, 0.15) is 18.1 Å². The van der Waals surface area contributed by atoms with Crippen LogP contribution in [-0.4, -0.2) is 57.8 Å². The minimum atomic E-state index is 0.